The second kappa shape index (κ2) is 8.29. The van der Waals surface area contributed by atoms with Crippen molar-refractivity contribution in [3.8, 4) is 0 Å². The van der Waals surface area contributed by atoms with Crippen LogP contribution < -0.4 is 16.8 Å². The van der Waals surface area contributed by atoms with E-state index in [2.05, 4.69) is 5.32 Å². The van der Waals surface area contributed by atoms with Gasteiger partial charge in [0.1, 0.15) is 12.1 Å². The van der Waals surface area contributed by atoms with E-state index < -0.39 is 30.1 Å². The van der Waals surface area contributed by atoms with Gasteiger partial charge in [-0.1, -0.05) is 0 Å². The molecule has 0 rings (SSSR count). The molecule has 18 heavy (non-hydrogen) atoms. The molecular weight excluding hydrogens is 242 g/mol. The summed E-state index contributed by atoms with van der Waals surface area (Å²) in [6.45, 7) is 1.80. The summed E-state index contributed by atoms with van der Waals surface area (Å²) in [4.78, 5) is 32.1. The van der Waals surface area contributed by atoms with Crippen molar-refractivity contribution in [3.05, 3.63) is 0 Å². The summed E-state index contributed by atoms with van der Waals surface area (Å²) in [5.41, 5.74) is 10.4. The van der Waals surface area contributed by atoms with Crippen LogP contribution >= 0.6 is 0 Å². The topological polar surface area (TPSA) is 145 Å². The van der Waals surface area contributed by atoms with Crippen molar-refractivity contribution in [1.82, 2.24) is 5.32 Å². The lowest BCUT2D eigenvalue weighted by Gasteiger charge is -2.15. The van der Waals surface area contributed by atoms with Crippen LogP contribution in [0, 0.1) is 0 Å². The second-order valence-electron chi connectivity index (χ2n) is 3.89. The number of amides is 2. The predicted molar refractivity (Wildman–Crippen MR) is 62.6 cm³/mol. The Morgan fingerprint density at radius 2 is 2.00 bits per heavy atom. The van der Waals surface area contributed by atoms with Gasteiger partial charge in [0.15, 0.2) is 0 Å². The van der Waals surface area contributed by atoms with Crippen LogP contribution in [0.15, 0.2) is 0 Å². The van der Waals surface area contributed by atoms with E-state index in [1.54, 1.807) is 0 Å². The van der Waals surface area contributed by atoms with Gasteiger partial charge in [-0.25, -0.2) is 4.79 Å². The van der Waals surface area contributed by atoms with Crippen molar-refractivity contribution >= 4 is 18.0 Å². The van der Waals surface area contributed by atoms with Gasteiger partial charge in [0.2, 0.25) is 0 Å². The molecule has 0 aromatic heterocycles. The Morgan fingerprint density at radius 1 is 1.39 bits per heavy atom. The summed E-state index contributed by atoms with van der Waals surface area (Å²) in [6, 6.07) is -1.47. The summed E-state index contributed by atoms with van der Waals surface area (Å²) < 4.78 is 4.84. The normalized spacial score (nSPS) is 13.4. The van der Waals surface area contributed by atoms with Crippen molar-refractivity contribution in [2.24, 2.45) is 11.5 Å². The van der Waals surface area contributed by atoms with Gasteiger partial charge in [0.05, 0.1) is 6.42 Å². The molecule has 6 N–H and O–H groups in total. The number of rotatable bonds is 8. The van der Waals surface area contributed by atoms with Crippen molar-refractivity contribution in [1.29, 1.82) is 0 Å². The number of hydrogen-bond donors (Lipinski definition) is 4. The Hall–Kier alpha value is -1.83. The molecule has 0 radical (unpaired) electrons. The fourth-order valence-electron chi connectivity index (χ4n) is 1.22. The smallest absolute Gasteiger partial charge is 0.323 e. The quantitative estimate of drug-likeness (QED) is 0.331. The number of carboxylic acids is 1. The Bertz CT molecular complexity index is 308. The minimum atomic E-state index is -1.05. The second-order valence-corrected chi connectivity index (χ2v) is 3.89. The predicted octanol–water partition coefficient (Wildman–Crippen LogP) is -0.831. The van der Waals surface area contributed by atoms with Crippen LogP contribution in [-0.4, -0.2) is 41.8 Å². The zero-order chi connectivity index (χ0) is 14.1. The number of ether oxygens (including phenoxy) is 1. The highest BCUT2D eigenvalue weighted by Gasteiger charge is 2.19. The number of nitrogens with two attached hydrogens (primary N) is 2. The van der Waals surface area contributed by atoms with E-state index in [-0.39, 0.29) is 6.42 Å². The zero-order valence-electron chi connectivity index (χ0n) is 10.2. The first-order chi connectivity index (χ1) is 8.32. The lowest BCUT2D eigenvalue weighted by atomic mass is 10.1. The molecule has 2 atom stereocenters. The van der Waals surface area contributed by atoms with Gasteiger partial charge in [-0.3, -0.25) is 9.59 Å². The Kier molecular flexibility index (Phi) is 7.45. The van der Waals surface area contributed by atoms with Crippen LogP contribution in [0.25, 0.3) is 0 Å². The number of urea groups is 1. The molecule has 0 bridgehead atoms. The molecular formula is C10H19N3O5. The molecule has 0 aliphatic carbocycles. The average molecular weight is 261 g/mol. The van der Waals surface area contributed by atoms with Gasteiger partial charge in [-0.15, -0.1) is 0 Å². The van der Waals surface area contributed by atoms with Crippen LogP contribution in [0.1, 0.15) is 26.2 Å². The number of primary amides is 1. The SMILES string of the molecule is CC(CC(=O)O)OC(=O)[C@@H](N)CCCNC(N)=O. The van der Waals surface area contributed by atoms with E-state index in [4.69, 9.17) is 21.3 Å². The summed E-state index contributed by atoms with van der Waals surface area (Å²) in [5, 5.41) is 10.8. The molecule has 2 amide bonds. The fourth-order valence-corrected chi connectivity index (χ4v) is 1.22. The van der Waals surface area contributed by atoms with Crippen LogP contribution in [0.5, 0.6) is 0 Å². The first-order valence-electron chi connectivity index (χ1n) is 5.54. The number of carbonyl (C=O) groups excluding carboxylic acids is 2. The third kappa shape index (κ3) is 8.34. The highest BCUT2D eigenvalue weighted by atomic mass is 16.5. The highest BCUT2D eigenvalue weighted by Crippen LogP contribution is 2.02. The first-order valence-corrected chi connectivity index (χ1v) is 5.54. The van der Waals surface area contributed by atoms with Gasteiger partial charge in [0, 0.05) is 6.54 Å². The summed E-state index contributed by atoms with van der Waals surface area (Å²) in [7, 11) is 0. The fraction of sp³-hybridized carbons (Fsp3) is 0.700. The Balaban J connectivity index is 3.81. The standard InChI is InChI=1S/C10H19N3O5/c1-6(5-8(14)15)18-9(16)7(11)3-2-4-13-10(12)17/h6-7H,2-5,11H2,1H3,(H,14,15)(H3,12,13,17)/t6?,7-/m0/s1. The van der Waals surface area contributed by atoms with Crippen molar-refractivity contribution in [3.63, 3.8) is 0 Å². The van der Waals surface area contributed by atoms with Crippen LogP contribution in [-0.2, 0) is 14.3 Å². The number of carboxylic acid groups (broad SMARTS) is 1. The Morgan fingerprint density at radius 3 is 2.50 bits per heavy atom. The number of nitrogens with one attached hydrogen (secondary N) is 1. The molecule has 0 aliphatic heterocycles. The maximum atomic E-state index is 11.4. The van der Waals surface area contributed by atoms with Gasteiger partial charge < -0.3 is 26.6 Å². The lowest BCUT2D eigenvalue weighted by molar-refractivity contribution is -0.153. The molecule has 8 heteroatoms. The number of esters is 1. The molecule has 0 aromatic carbocycles. The van der Waals surface area contributed by atoms with Gasteiger partial charge in [-0.2, -0.15) is 0 Å². The maximum absolute atomic E-state index is 11.4. The van der Waals surface area contributed by atoms with Crippen molar-refractivity contribution in [2.75, 3.05) is 6.54 Å². The van der Waals surface area contributed by atoms with Crippen molar-refractivity contribution in [2.45, 2.75) is 38.3 Å². The molecule has 0 fully saturated rings. The average Bonchev–Trinajstić information content (AvgIpc) is 2.22. The molecule has 0 aromatic rings. The summed E-state index contributed by atoms with van der Waals surface area (Å²) >= 11 is 0. The molecule has 0 saturated carbocycles. The molecule has 0 aliphatic rings. The maximum Gasteiger partial charge on any atom is 0.323 e. The van der Waals surface area contributed by atoms with E-state index in [1.165, 1.54) is 6.92 Å². The van der Waals surface area contributed by atoms with E-state index in [0.29, 0.717) is 19.4 Å². The van der Waals surface area contributed by atoms with E-state index in [0.717, 1.165) is 0 Å². The summed E-state index contributed by atoms with van der Waals surface area (Å²) in [6.07, 6.45) is -0.183. The number of aliphatic carboxylic acids is 1. The highest BCUT2D eigenvalue weighted by molar-refractivity contribution is 5.76. The molecule has 104 valence electrons. The summed E-state index contributed by atoms with van der Waals surface area (Å²) in [5.74, 6) is -1.70. The van der Waals surface area contributed by atoms with E-state index >= 15 is 0 Å². The molecule has 0 saturated heterocycles. The van der Waals surface area contributed by atoms with Gasteiger partial charge in [0.25, 0.3) is 0 Å². The Labute approximate surface area is 105 Å². The number of carbonyl (C=O) groups is 3. The van der Waals surface area contributed by atoms with Crippen LogP contribution in [0.3, 0.4) is 0 Å². The largest absolute Gasteiger partial charge is 0.481 e. The van der Waals surface area contributed by atoms with Gasteiger partial charge in [-0.05, 0) is 19.8 Å². The van der Waals surface area contributed by atoms with Gasteiger partial charge >= 0.3 is 18.0 Å². The molecule has 0 spiro atoms. The minimum absolute atomic E-state index is 0.262. The minimum Gasteiger partial charge on any atom is -0.481 e. The van der Waals surface area contributed by atoms with E-state index in [9.17, 15) is 14.4 Å². The molecule has 1 unspecified atom stereocenters. The molecule has 0 heterocycles. The lowest BCUT2D eigenvalue weighted by Crippen LogP contribution is -2.36. The van der Waals surface area contributed by atoms with Crippen molar-refractivity contribution < 1.29 is 24.2 Å². The first kappa shape index (κ1) is 16.2. The monoisotopic (exact) mass is 261 g/mol. The number of hydrogen-bond acceptors (Lipinski definition) is 5. The zero-order valence-corrected chi connectivity index (χ0v) is 10.2. The third-order valence-corrected chi connectivity index (χ3v) is 2.07. The van der Waals surface area contributed by atoms with E-state index in [1.807, 2.05) is 0 Å². The molecule has 8 nitrogen and oxygen atoms in total. The van der Waals surface area contributed by atoms with Crippen LogP contribution in [0.4, 0.5) is 4.79 Å². The van der Waals surface area contributed by atoms with Crippen LogP contribution in [0.2, 0.25) is 0 Å². The third-order valence-electron chi connectivity index (χ3n) is 2.07.